The molecule has 16 heavy (non-hydrogen) atoms. The van der Waals surface area contributed by atoms with E-state index in [1.165, 1.54) is 0 Å². The van der Waals surface area contributed by atoms with Gasteiger partial charge in [0, 0.05) is 6.54 Å². The number of benzene rings is 1. The van der Waals surface area contributed by atoms with E-state index in [-0.39, 0.29) is 0 Å². The van der Waals surface area contributed by atoms with Gasteiger partial charge in [-0.2, -0.15) is 4.31 Å². The van der Waals surface area contributed by atoms with Crippen molar-refractivity contribution in [1.82, 2.24) is 5.32 Å². The minimum Gasteiger partial charge on any atom is -0.337 e. The average Bonchev–Trinajstić information content (AvgIpc) is 2.17. The topological polar surface area (TPSA) is 66.5 Å². The molecule has 0 aromatic heterocycles. The molecule has 0 fully saturated rings. The fourth-order valence-electron chi connectivity index (χ4n) is 1.25. The standard InChI is InChI=1S/C10H14N2O3S/c1-3-11-10(13)12(16(2,14)15)9-7-5-4-6-8-9/h4-8H,3H2,1-2H3,(H,11,13). The fourth-order valence-corrected chi connectivity index (χ4v) is 2.12. The van der Waals surface area contributed by atoms with Gasteiger partial charge in [0.25, 0.3) is 0 Å². The number of sulfonamides is 1. The van der Waals surface area contributed by atoms with Gasteiger partial charge in [0.2, 0.25) is 10.0 Å². The minimum atomic E-state index is -3.62. The first-order chi connectivity index (χ1) is 7.46. The molecule has 1 rings (SSSR count). The van der Waals surface area contributed by atoms with Gasteiger partial charge in [0.15, 0.2) is 0 Å². The minimum absolute atomic E-state index is 0.330. The van der Waals surface area contributed by atoms with Gasteiger partial charge in [-0.05, 0) is 19.1 Å². The number of nitrogens with zero attached hydrogens (tertiary/aromatic N) is 1. The molecular weight excluding hydrogens is 228 g/mol. The highest BCUT2D eigenvalue weighted by Crippen LogP contribution is 2.16. The highest BCUT2D eigenvalue weighted by atomic mass is 32.2. The quantitative estimate of drug-likeness (QED) is 0.865. The number of hydrogen-bond donors (Lipinski definition) is 1. The van der Waals surface area contributed by atoms with Gasteiger partial charge in [-0.25, -0.2) is 13.2 Å². The van der Waals surface area contributed by atoms with Crippen LogP contribution in [0.1, 0.15) is 6.92 Å². The molecule has 1 N–H and O–H groups in total. The molecular formula is C10H14N2O3S. The highest BCUT2D eigenvalue weighted by molar-refractivity contribution is 7.92. The molecule has 0 spiro atoms. The number of para-hydroxylation sites is 1. The zero-order valence-electron chi connectivity index (χ0n) is 9.17. The van der Waals surface area contributed by atoms with E-state index >= 15 is 0 Å². The lowest BCUT2D eigenvalue weighted by Crippen LogP contribution is -2.43. The maximum absolute atomic E-state index is 11.6. The second-order valence-electron chi connectivity index (χ2n) is 3.20. The molecule has 0 radical (unpaired) electrons. The lowest BCUT2D eigenvalue weighted by atomic mass is 10.3. The van der Waals surface area contributed by atoms with E-state index in [0.717, 1.165) is 10.6 Å². The molecule has 0 unspecified atom stereocenters. The summed E-state index contributed by atoms with van der Waals surface area (Å²) in [7, 11) is -3.62. The number of carbonyl (C=O) groups excluding carboxylic acids is 1. The van der Waals surface area contributed by atoms with Gasteiger partial charge in [0.05, 0.1) is 11.9 Å². The molecule has 0 aliphatic heterocycles. The van der Waals surface area contributed by atoms with Crippen molar-refractivity contribution in [2.24, 2.45) is 0 Å². The van der Waals surface area contributed by atoms with E-state index in [2.05, 4.69) is 5.32 Å². The summed E-state index contributed by atoms with van der Waals surface area (Å²) in [5, 5.41) is 2.46. The molecule has 0 aliphatic carbocycles. The maximum atomic E-state index is 11.6. The van der Waals surface area contributed by atoms with Crippen LogP contribution < -0.4 is 9.62 Å². The Kier molecular flexibility index (Phi) is 3.89. The lowest BCUT2D eigenvalue weighted by molar-refractivity contribution is 0.250. The second kappa shape index (κ2) is 4.98. The van der Waals surface area contributed by atoms with E-state index < -0.39 is 16.1 Å². The number of amides is 2. The van der Waals surface area contributed by atoms with Gasteiger partial charge in [-0.3, -0.25) is 0 Å². The first-order valence-corrected chi connectivity index (χ1v) is 6.65. The van der Waals surface area contributed by atoms with Crippen LogP contribution in [-0.4, -0.2) is 27.2 Å². The monoisotopic (exact) mass is 242 g/mol. The largest absolute Gasteiger partial charge is 0.337 e. The Bertz CT molecular complexity index is 456. The Balaban J connectivity index is 3.13. The number of hydrogen-bond acceptors (Lipinski definition) is 3. The summed E-state index contributed by atoms with van der Waals surface area (Å²) in [6.45, 7) is 2.10. The molecule has 0 heterocycles. The van der Waals surface area contributed by atoms with Gasteiger partial charge in [-0.1, -0.05) is 18.2 Å². The van der Waals surface area contributed by atoms with Crippen molar-refractivity contribution in [3.63, 3.8) is 0 Å². The van der Waals surface area contributed by atoms with Crippen molar-refractivity contribution in [2.75, 3.05) is 17.1 Å². The number of carbonyl (C=O) groups is 1. The van der Waals surface area contributed by atoms with Crippen LogP contribution >= 0.6 is 0 Å². The Labute approximate surface area is 95.1 Å². The van der Waals surface area contributed by atoms with Crippen LogP contribution in [0, 0.1) is 0 Å². The summed E-state index contributed by atoms with van der Waals surface area (Å²) in [5.74, 6) is 0. The second-order valence-corrected chi connectivity index (χ2v) is 5.03. The molecule has 0 saturated heterocycles. The Morgan fingerprint density at radius 1 is 1.31 bits per heavy atom. The van der Waals surface area contributed by atoms with Crippen molar-refractivity contribution < 1.29 is 13.2 Å². The fraction of sp³-hybridized carbons (Fsp3) is 0.300. The number of nitrogens with one attached hydrogen (secondary N) is 1. The number of urea groups is 1. The Morgan fingerprint density at radius 2 is 1.88 bits per heavy atom. The predicted molar refractivity (Wildman–Crippen MR) is 62.8 cm³/mol. The van der Waals surface area contributed by atoms with Crippen molar-refractivity contribution in [2.45, 2.75) is 6.92 Å². The molecule has 6 heteroatoms. The lowest BCUT2D eigenvalue weighted by Gasteiger charge is -2.20. The smallest absolute Gasteiger partial charge is 0.335 e. The van der Waals surface area contributed by atoms with Gasteiger partial charge < -0.3 is 5.32 Å². The van der Waals surface area contributed by atoms with Crippen molar-refractivity contribution >= 4 is 21.7 Å². The molecule has 0 saturated carbocycles. The maximum Gasteiger partial charge on any atom is 0.335 e. The molecule has 1 aromatic carbocycles. The number of anilines is 1. The van der Waals surface area contributed by atoms with E-state index in [4.69, 9.17) is 0 Å². The Morgan fingerprint density at radius 3 is 2.31 bits per heavy atom. The van der Waals surface area contributed by atoms with Crippen LogP contribution in [0.3, 0.4) is 0 Å². The van der Waals surface area contributed by atoms with E-state index in [1.807, 2.05) is 0 Å². The third kappa shape index (κ3) is 2.96. The normalized spacial score (nSPS) is 10.9. The molecule has 2 amide bonds. The Hall–Kier alpha value is -1.56. The highest BCUT2D eigenvalue weighted by Gasteiger charge is 2.24. The zero-order valence-corrected chi connectivity index (χ0v) is 9.99. The van der Waals surface area contributed by atoms with E-state index in [0.29, 0.717) is 12.2 Å². The molecule has 5 nitrogen and oxygen atoms in total. The van der Waals surface area contributed by atoms with Crippen LogP contribution in [0.4, 0.5) is 10.5 Å². The van der Waals surface area contributed by atoms with Gasteiger partial charge >= 0.3 is 6.03 Å². The van der Waals surface area contributed by atoms with Gasteiger partial charge in [0.1, 0.15) is 0 Å². The average molecular weight is 242 g/mol. The van der Waals surface area contributed by atoms with Crippen molar-refractivity contribution in [3.8, 4) is 0 Å². The summed E-state index contributed by atoms with van der Waals surface area (Å²) < 4.78 is 23.8. The van der Waals surface area contributed by atoms with Crippen molar-refractivity contribution in [3.05, 3.63) is 30.3 Å². The number of rotatable bonds is 3. The molecule has 1 aromatic rings. The van der Waals surface area contributed by atoms with E-state index in [9.17, 15) is 13.2 Å². The van der Waals surface area contributed by atoms with Crippen LogP contribution in [0.5, 0.6) is 0 Å². The zero-order chi connectivity index (χ0) is 12.2. The summed E-state index contributed by atoms with van der Waals surface area (Å²) in [5.41, 5.74) is 0.330. The third-order valence-corrected chi connectivity index (χ3v) is 2.87. The van der Waals surface area contributed by atoms with Crippen LogP contribution in [0.25, 0.3) is 0 Å². The molecule has 88 valence electrons. The first-order valence-electron chi connectivity index (χ1n) is 4.80. The predicted octanol–water partition coefficient (Wildman–Crippen LogP) is 1.18. The molecule has 0 bridgehead atoms. The van der Waals surface area contributed by atoms with Crippen LogP contribution in [0.2, 0.25) is 0 Å². The summed E-state index contributed by atoms with van der Waals surface area (Å²) >= 11 is 0. The molecule has 0 atom stereocenters. The first kappa shape index (κ1) is 12.5. The molecule has 0 aliphatic rings. The van der Waals surface area contributed by atoms with Crippen LogP contribution in [-0.2, 0) is 10.0 Å². The third-order valence-electron chi connectivity index (χ3n) is 1.83. The summed E-state index contributed by atoms with van der Waals surface area (Å²) in [6.07, 6.45) is 0.995. The van der Waals surface area contributed by atoms with Crippen LogP contribution in [0.15, 0.2) is 30.3 Å². The van der Waals surface area contributed by atoms with Gasteiger partial charge in [-0.15, -0.1) is 0 Å². The van der Waals surface area contributed by atoms with E-state index in [1.54, 1.807) is 37.3 Å². The van der Waals surface area contributed by atoms with Crippen molar-refractivity contribution in [1.29, 1.82) is 0 Å². The summed E-state index contributed by atoms with van der Waals surface area (Å²) in [6, 6.07) is 7.59. The summed E-state index contributed by atoms with van der Waals surface area (Å²) in [4.78, 5) is 11.6. The SMILES string of the molecule is CCNC(=O)N(c1ccccc1)S(C)(=O)=O.